The molecule has 0 unspecified atom stereocenters. The summed E-state index contributed by atoms with van der Waals surface area (Å²) in [5.41, 5.74) is 3.02. The van der Waals surface area contributed by atoms with Crippen LogP contribution in [0.2, 0.25) is 0 Å². The van der Waals surface area contributed by atoms with E-state index in [0.717, 1.165) is 12.0 Å². The lowest BCUT2D eigenvalue weighted by atomic mass is 10.0. The topological polar surface area (TPSA) is 30.0 Å². The maximum Gasteiger partial charge on any atom is 0.168 e. The Morgan fingerprint density at radius 3 is 2.41 bits per heavy atom. The first kappa shape index (κ1) is 11.5. The standard InChI is InChI=1S/C15H15NO/c1-2-12-5-7-13(8-6-12)10-15(17)14-4-3-9-16-11-14/h3-9,11H,2,10H2,1H3. The number of hydrogen-bond acceptors (Lipinski definition) is 2. The van der Waals surface area contributed by atoms with Gasteiger partial charge in [0.25, 0.3) is 0 Å². The van der Waals surface area contributed by atoms with E-state index >= 15 is 0 Å². The Balaban J connectivity index is 2.08. The first-order valence-electron chi connectivity index (χ1n) is 5.80. The number of ketones is 1. The van der Waals surface area contributed by atoms with Crippen LogP contribution in [-0.4, -0.2) is 10.8 Å². The van der Waals surface area contributed by atoms with Crippen molar-refractivity contribution in [2.45, 2.75) is 19.8 Å². The van der Waals surface area contributed by atoms with Gasteiger partial charge in [0.05, 0.1) is 0 Å². The lowest BCUT2D eigenvalue weighted by Crippen LogP contribution is -2.03. The van der Waals surface area contributed by atoms with Gasteiger partial charge in [-0.2, -0.15) is 0 Å². The molecule has 0 fully saturated rings. The van der Waals surface area contributed by atoms with Crippen molar-refractivity contribution in [3.8, 4) is 0 Å². The van der Waals surface area contributed by atoms with E-state index in [4.69, 9.17) is 0 Å². The third-order valence-electron chi connectivity index (χ3n) is 2.78. The molecule has 2 nitrogen and oxygen atoms in total. The SMILES string of the molecule is CCc1ccc(CC(=O)c2cccnc2)cc1. The van der Waals surface area contributed by atoms with Crippen molar-refractivity contribution in [2.75, 3.05) is 0 Å². The number of carbonyl (C=O) groups excluding carboxylic acids is 1. The number of aryl methyl sites for hydroxylation is 1. The van der Waals surface area contributed by atoms with Gasteiger partial charge in [0.2, 0.25) is 0 Å². The molecule has 0 aliphatic heterocycles. The Labute approximate surface area is 101 Å². The van der Waals surface area contributed by atoms with Crippen LogP contribution >= 0.6 is 0 Å². The molecule has 0 amide bonds. The molecule has 0 spiro atoms. The number of pyridine rings is 1. The summed E-state index contributed by atoms with van der Waals surface area (Å²) in [7, 11) is 0. The lowest BCUT2D eigenvalue weighted by molar-refractivity contribution is 0.0992. The highest BCUT2D eigenvalue weighted by Crippen LogP contribution is 2.09. The Kier molecular flexibility index (Phi) is 3.66. The van der Waals surface area contributed by atoms with E-state index in [9.17, 15) is 4.79 Å². The molecule has 0 radical (unpaired) electrons. The van der Waals surface area contributed by atoms with E-state index in [-0.39, 0.29) is 5.78 Å². The Morgan fingerprint density at radius 1 is 1.12 bits per heavy atom. The van der Waals surface area contributed by atoms with Crippen LogP contribution in [0.5, 0.6) is 0 Å². The largest absolute Gasteiger partial charge is 0.294 e. The summed E-state index contributed by atoms with van der Waals surface area (Å²) in [6.07, 6.45) is 4.75. The highest BCUT2D eigenvalue weighted by Gasteiger charge is 2.06. The molecule has 0 bridgehead atoms. The monoisotopic (exact) mass is 225 g/mol. The lowest BCUT2D eigenvalue weighted by Gasteiger charge is -2.02. The summed E-state index contributed by atoms with van der Waals surface area (Å²) < 4.78 is 0. The van der Waals surface area contributed by atoms with E-state index in [1.807, 2.05) is 12.1 Å². The summed E-state index contributed by atoms with van der Waals surface area (Å²) in [5.74, 6) is 0.113. The molecular formula is C15H15NO. The first-order valence-corrected chi connectivity index (χ1v) is 5.80. The second kappa shape index (κ2) is 5.39. The molecule has 1 aromatic heterocycles. The number of nitrogens with zero attached hydrogens (tertiary/aromatic N) is 1. The minimum atomic E-state index is 0.113. The zero-order valence-corrected chi connectivity index (χ0v) is 9.89. The zero-order chi connectivity index (χ0) is 12.1. The van der Waals surface area contributed by atoms with Crippen molar-refractivity contribution in [1.29, 1.82) is 0 Å². The fourth-order valence-electron chi connectivity index (χ4n) is 1.71. The van der Waals surface area contributed by atoms with Crippen LogP contribution in [0, 0.1) is 0 Å². The van der Waals surface area contributed by atoms with E-state index in [1.165, 1.54) is 5.56 Å². The molecular weight excluding hydrogens is 210 g/mol. The first-order chi connectivity index (χ1) is 8.29. The average Bonchev–Trinajstić information content (AvgIpc) is 2.40. The number of hydrogen-bond donors (Lipinski definition) is 0. The predicted octanol–water partition coefficient (Wildman–Crippen LogP) is 3.07. The molecule has 1 heterocycles. The van der Waals surface area contributed by atoms with Gasteiger partial charge in [-0.15, -0.1) is 0 Å². The minimum absolute atomic E-state index is 0.113. The molecule has 1 aromatic carbocycles. The highest BCUT2D eigenvalue weighted by atomic mass is 16.1. The maximum absolute atomic E-state index is 11.9. The summed E-state index contributed by atoms with van der Waals surface area (Å²) in [6.45, 7) is 2.12. The van der Waals surface area contributed by atoms with Crippen molar-refractivity contribution in [2.24, 2.45) is 0 Å². The fourth-order valence-corrected chi connectivity index (χ4v) is 1.71. The number of carbonyl (C=O) groups is 1. The Bertz CT molecular complexity index is 488. The molecule has 0 aliphatic rings. The van der Waals surface area contributed by atoms with Crippen molar-refractivity contribution in [1.82, 2.24) is 4.98 Å². The van der Waals surface area contributed by atoms with Gasteiger partial charge in [0.15, 0.2) is 5.78 Å². The highest BCUT2D eigenvalue weighted by molar-refractivity contribution is 5.97. The predicted molar refractivity (Wildman–Crippen MR) is 68.1 cm³/mol. The molecule has 0 saturated heterocycles. The fraction of sp³-hybridized carbons (Fsp3) is 0.200. The van der Waals surface area contributed by atoms with Gasteiger partial charge in [0.1, 0.15) is 0 Å². The number of rotatable bonds is 4. The van der Waals surface area contributed by atoms with Gasteiger partial charge in [-0.05, 0) is 29.7 Å². The molecule has 2 rings (SSSR count). The Morgan fingerprint density at radius 2 is 1.82 bits per heavy atom. The second-order valence-electron chi connectivity index (χ2n) is 4.01. The van der Waals surface area contributed by atoms with Gasteiger partial charge in [-0.1, -0.05) is 31.2 Å². The van der Waals surface area contributed by atoms with Crippen LogP contribution in [0.3, 0.4) is 0 Å². The van der Waals surface area contributed by atoms with Crippen LogP contribution in [0.1, 0.15) is 28.4 Å². The average molecular weight is 225 g/mol. The molecule has 17 heavy (non-hydrogen) atoms. The van der Waals surface area contributed by atoms with E-state index < -0.39 is 0 Å². The van der Waals surface area contributed by atoms with Crippen molar-refractivity contribution < 1.29 is 4.79 Å². The molecule has 2 heteroatoms. The van der Waals surface area contributed by atoms with Gasteiger partial charge in [0, 0.05) is 24.4 Å². The minimum Gasteiger partial charge on any atom is -0.294 e. The van der Waals surface area contributed by atoms with Crippen molar-refractivity contribution in [3.05, 3.63) is 65.5 Å². The zero-order valence-electron chi connectivity index (χ0n) is 9.89. The summed E-state index contributed by atoms with van der Waals surface area (Å²) >= 11 is 0. The van der Waals surface area contributed by atoms with Gasteiger partial charge >= 0.3 is 0 Å². The Hall–Kier alpha value is -1.96. The number of benzene rings is 1. The van der Waals surface area contributed by atoms with E-state index in [2.05, 4.69) is 24.0 Å². The van der Waals surface area contributed by atoms with Crippen LogP contribution in [0.15, 0.2) is 48.8 Å². The normalized spacial score (nSPS) is 10.2. The molecule has 0 aliphatic carbocycles. The third kappa shape index (κ3) is 3.00. The van der Waals surface area contributed by atoms with Crippen LogP contribution in [0.4, 0.5) is 0 Å². The maximum atomic E-state index is 11.9. The van der Waals surface area contributed by atoms with Crippen LogP contribution in [0.25, 0.3) is 0 Å². The van der Waals surface area contributed by atoms with Gasteiger partial charge in [-0.3, -0.25) is 9.78 Å². The van der Waals surface area contributed by atoms with Gasteiger partial charge in [-0.25, -0.2) is 0 Å². The molecule has 0 saturated carbocycles. The summed E-state index contributed by atoms with van der Waals surface area (Å²) in [5, 5.41) is 0. The number of Topliss-reactive ketones (excluding diaryl/α,β-unsaturated/α-hetero) is 1. The molecule has 2 aromatic rings. The van der Waals surface area contributed by atoms with Crippen molar-refractivity contribution in [3.63, 3.8) is 0 Å². The smallest absolute Gasteiger partial charge is 0.168 e. The van der Waals surface area contributed by atoms with E-state index in [0.29, 0.717) is 12.0 Å². The van der Waals surface area contributed by atoms with E-state index in [1.54, 1.807) is 24.5 Å². The molecule has 0 N–H and O–H groups in total. The summed E-state index contributed by atoms with van der Waals surface area (Å²) in [6, 6.07) is 11.8. The quantitative estimate of drug-likeness (QED) is 0.748. The molecule has 86 valence electrons. The van der Waals surface area contributed by atoms with Crippen LogP contribution in [-0.2, 0) is 12.8 Å². The third-order valence-corrected chi connectivity index (χ3v) is 2.78. The number of aromatic nitrogens is 1. The van der Waals surface area contributed by atoms with Crippen LogP contribution < -0.4 is 0 Å². The summed E-state index contributed by atoms with van der Waals surface area (Å²) in [4.78, 5) is 15.9. The van der Waals surface area contributed by atoms with Gasteiger partial charge < -0.3 is 0 Å². The second-order valence-corrected chi connectivity index (χ2v) is 4.01. The molecule has 0 atom stereocenters. The van der Waals surface area contributed by atoms with Crippen molar-refractivity contribution >= 4 is 5.78 Å².